The van der Waals surface area contributed by atoms with Gasteiger partial charge in [0.2, 0.25) is 0 Å². The van der Waals surface area contributed by atoms with E-state index in [4.69, 9.17) is 0 Å². The van der Waals surface area contributed by atoms with E-state index in [1.54, 1.807) is 0 Å². The van der Waals surface area contributed by atoms with Crippen molar-refractivity contribution in [2.24, 2.45) is 16.8 Å². The number of Topliss-reactive ketones (excluding diaryl/α,β-unsaturated/α-hetero) is 1. The highest BCUT2D eigenvalue weighted by Gasteiger charge is 2.20. The zero-order valence-electron chi connectivity index (χ0n) is 23.2. The van der Waals surface area contributed by atoms with Crippen LogP contribution in [0.4, 0.5) is 0 Å². The van der Waals surface area contributed by atoms with Crippen molar-refractivity contribution in [3.05, 3.63) is 106 Å². The molecule has 2 aromatic rings. The number of fused-ring (bicyclic) bond motifs is 1. The third-order valence-corrected chi connectivity index (χ3v) is 6.97. The molecule has 1 saturated carbocycles. The summed E-state index contributed by atoms with van der Waals surface area (Å²) in [4.78, 5) is 17.1. The fourth-order valence-electron chi connectivity index (χ4n) is 4.62. The summed E-state index contributed by atoms with van der Waals surface area (Å²) < 4.78 is 0. The predicted octanol–water partition coefficient (Wildman–Crippen LogP) is 9.02. The zero-order valence-corrected chi connectivity index (χ0v) is 23.2. The van der Waals surface area contributed by atoms with Gasteiger partial charge in [0.05, 0.1) is 11.6 Å². The van der Waals surface area contributed by atoms with Crippen LogP contribution in [0.2, 0.25) is 0 Å². The molecule has 2 nitrogen and oxygen atoms in total. The number of hydrogen-bond acceptors (Lipinski definition) is 2. The molecule has 5 rings (SSSR count). The first-order chi connectivity index (χ1) is 18.0. The lowest BCUT2D eigenvalue weighted by molar-refractivity contribution is 0.0993. The number of aliphatic imine (C=N–C) groups is 1. The van der Waals surface area contributed by atoms with Gasteiger partial charge in [0.25, 0.3) is 0 Å². The van der Waals surface area contributed by atoms with Crippen LogP contribution in [0.25, 0.3) is 0 Å². The summed E-state index contributed by atoms with van der Waals surface area (Å²) in [7, 11) is 0. The second kappa shape index (κ2) is 14.3. The van der Waals surface area contributed by atoms with Gasteiger partial charge in [-0.25, -0.2) is 0 Å². The van der Waals surface area contributed by atoms with Gasteiger partial charge in [-0.15, -0.1) is 0 Å². The number of hydrogen-bond donors (Lipinski definition) is 0. The molecule has 0 spiro atoms. The Balaban J connectivity index is 0.000000436. The van der Waals surface area contributed by atoms with E-state index in [1.807, 2.05) is 94.6 Å². The smallest absolute Gasteiger partial charge is 0.167 e. The lowest BCUT2D eigenvalue weighted by Crippen LogP contribution is -2.09. The fraction of sp³-hybridized carbons (Fsp3) is 0.371. The van der Waals surface area contributed by atoms with Crippen LogP contribution in [0.1, 0.15) is 86.9 Å². The van der Waals surface area contributed by atoms with Gasteiger partial charge in [-0.1, -0.05) is 125 Å². The second-order valence-electron chi connectivity index (χ2n) is 9.97. The van der Waals surface area contributed by atoms with Crippen LogP contribution >= 0.6 is 0 Å². The summed E-state index contributed by atoms with van der Waals surface area (Å²) >= 11 is 0. The molecule has 1 fully saturated rings. The first-order valence-electron chi connectivity index (χ1n) is 13.8. The van der Waals surface area contributed by atoms with Crippen LogP contribution in [-0.2, 0) is 6.42 Å². The average Bonchev–Trinajstić information content (AvgIpc) is 3.34. The summed E-state index contributed by atoms with van der Waals surface area (Å²) in [6, 6.07) is 13.9. The molecule has 1 unspecified atom stereocenters. The third kappa shape index (κ3) is 8.29. The van der Waals surface area contributed by atoms with Crippen LogP contribution in [0.3, 0.4) is 0 Å². The number of nitrogens with zero attached hydrogens (tertiary/aromatic N) is 1. The summed E-state index contributed by atoms with van der Waals surface area (Å²) in [5.74, 6) is 7.81. The van der Waals surface area contributed by atoms with Crippen molar-refractivity contribution in [3.8, 4) is 11.8 Å². The Kier molecular flexibility index (Phi) is 10.9. The molecule has 0 aromatic heterocycles. The van der Waals surface area contributed by atoms with E-state index in [9.17, 15) is 4.79 Å². The molecule has 2 heteroatoms. The molecule has 1 heterocycles. The van der Waals surface area contributed by atoms with E-state index in [-0.39, 0.29) is 13.1 Å². The summed E-state index contributed by atoms with van der Waals surface area (Å²) in [6.07, 6.45) is 17.8. The quantitative estimate of drug-likeness (QED) is 0.310. The number of ketones is 1. The Hall–Kier alpha value is -3.44. The molecule has 0 amide bonds. The van der Waals surface area contributed by atoms with Crippen molar-refractivity contribution in [1.29, 1.82) is 0 Å². The molecule has 0 N–H and O–H groups in total. The van der Waals surface area contributed by atoms with Gasteiger partial charge in [0.15, 0.2) is 5.78 Å². The first kappa shape index (κ1) is 28.1. The van der Waals surface area contributed by atoms with E-state index in [0.29, 0.717) is 12.0 Å². The average molecular weight is 494 g/mol. The highest BCUT2D eigenvalue weighted by molar-refractivity contribution is 6.04. The van der Waals surface area contributed by atoms with E-state index in [1.165, 1.54) is 37.7 Å². The van der Waals surface area contributed by atoms with Crippen molar-refractivity contribution in [2.75, 3.05) is 0 Å². The van der Waals surface area contributed by atoms with Crippen molar-refractivity contribution < 1.29 is 6.22 Å². The molecule has 3 aliphatic rings. The summed E-state index contributed by atoms with van der Waals surface area (Å²) in [6.45, 7) is 10.4. The molecule has 194 valence electrons. The van der Waals surface area contributed by atoms with Crippen molar-refractivity contribution in [3.63, 3.8) is 0 Å². The second-order valence-corrected chi connectivity index (χ2v) is 9.97. The molecule has 1 aliphatic heterocycles. The van der Waals surface area contributed by atoms with Crippen LogP contribution < -0.4 is 0 Å². The Labute approximate surface area is 225 Å². The third-order valence-electron chi connectivity index (χ3n) is 6.97. The van der Waals surface area contributed by atoms with Gasteiger partial charge in [0, 0.05) is 30.7 Å². The minimum absolute atomic E-state index is 0. The fourth-order valence-corrected chi connectivity index (χ4v) is 4.62. The predicted molar refractivity (Wildman–Crippen MR) is 160 cm³/mol. The topological polar surface area (TPSA) is 29.4 Å². The Morgan fingerprint density at radius 3 is 2.38 bits per heavy atom. The lowest BCUT2D eigenvalue weighted by Gasteiger charge is -2.15. The number of carbonyl (C=O) groups is 1. The number of rotatable bonds is 3. The minimum atomic E-state index is 0. The maximum absolute atomic E-state index is 12.7. The van der Waals surface area contributed by atoms with Crippen LogP contribution in [0.15, 0.2) is 83.5 Å². The Bertz CT molecular complexity index is 1250. The van der Waals surface area contributed by atoms with Gasteiger partial charge in [-0.05, 0) is 43.0 Å². The number of carbonyl (C=O) groups excluding carboxylic acids is 1. The first-order valence-corrected chi connectivity index (χ1v) is 13.8. The van der Waals surface area contributed by atoms with Gasteiger partial charge >= 0.3 is 0 Å². The van der Waals surface area contributed by atoms with Crippen molar-refractivity contribution in [2.45, 2.75) is 73.1 Å². The highest BCUT2D eigenvalue weighted by Crippen LogP contribution is 2.25. The molecular weight excluding hydrogens is 450 g/mol. The molecule has 2 aliphatic carbocycles. The molecular formula is C35H43NO. The van der Waals surface area contributed by atoms with E-state index in [2.05, 4.69) is 29.8 Å². The zero-order chi connectivity index (χ0) is 26.6. The van der Waals surface area contributed by atoms with Crippen LogP contribution in [0, 0.1) is 37.5 Å². The highest BCUT2D eigenvalue weighted by atomic mass is 16.1. The number of aryl methyl sites for hydroxylation is 2. The standard InChI is InChI=1S/C26H21NO.C7H14.C2H6.H2/c1-18-7-10-20(11-8-18)15-26(28)22-12-9-19(2)21(16-22)13-14-23-17-27-25-6-4-3-5-24(23)25;1-7-5-3-2-4-6-7;1-2;/h3-12,16-17,24H,15H2,1-2H3;7H,2-6H2,1H3;1-2H3;1H. The molecule has 0 saturated heterocycles. The largest absolute Gasteiger partial charge is 0.294 e. The van der Waals surface area contributed by atoms with Gasteiger partial charge in [-0.2, -0.15) is 0 Å². The molecule has 1 atom stereocenters. The van der Waals surface area contributed by atoms with Crippen LogP contribution in [0.5, 0.6) is 0 Å². The monoisotopic (exact) mass is 493 g/mol. The van der Waals surface area contributed by atoms with E-state index in [0.717, 1.165) is 33.9 Å². The Morgan fingerprint density at radius 2 is 1.70 bits per heavy atom. The molecule has 0 radical (unpaired) electrons. The van der Waals surface area contributed by atoms with Crippen LogP contribution in [-0.4, -0.2) is 11.5 Å². The van der Waals surface area contributed by atoms with E-state index < -0.39 is 0 Å². The number of benzene rings is 2. The SMILES string of the molecule is CC.CC1CCCCC1.Cc1ccc(CC(=O)c2ccc(C)c(C#CC3=CN=C4C=CC=CC34)c2)cc1.[HH]. The Morgan fingerprint density at radius 1 is 0.973 bits per heavy atom. The maximum Gasteiger partial charge on any atom is 0.167 e. The minimum Gasteiger partial charge on any atom is -0.294 e. The number of allylic oxidation sites excluding steroid dienone is 5. The van der Waals surface area contributed by atoms with Gasteiger partial charge in [0.1, 0.15) is 0 Å². The van der Waals surface area contributed by atoms with E-state index >= 15 is 0 Å². The molecule has 0 bridgehead atoms. The summed E-state index contributed by atoms with van der Waals surface area (Å²) in [5, 5.41) is 0. The van der Waals surface area contributed by atoms with Crippen molar-refractivity contribution in [1.82, 2.24) is 0 Å². The summed E-state index contributed by atoms with van der Waals surface area (Å²) in [5.41, 5.74) is 6.91. The van der Waals surface area contributed by atoms with Gasteiger partial charge < -0.3 is 0 Å². The molecule has 37 heavy (non-hydrogen) atoms. The maximum atomic E-state index is 12.7. The van der Waals surface area contributed by atoms with Gasteiger partial charge in [-0.3, -0.25) is 9.79 Å². The molecule has 2 aromatic carbocycles. The lowest BCUT2D eigenvalue weighted by atomic mass is 9.91. The normalized spacial score (nSPS) is 17.6. The van der Waals surface area contributed by atoms with Crippen molar-refractivity contribution >= 4 is 11.5 Å².